The lowest BCUT2D eigenvalue weighted by atomic mass is 9.72. The number of carbonyl (C=O) groups is 4. The number of alkyl halides is 3. The van der Waals surface area contributed by atoms with Gasteiger partial charge in [0, 0.05) is 74.6 Å². The number of ketones is 2. The molecule has 0 fully saturated rings. The van der Waals surface area contributed by atoms with Gasteiger partial charge in [-0.2, -0.15) is 13.2 Å². The van der Waals surface area contributed by atoms with Crippen LogP contribution in [0.1, 0.15) is 88.6 Å². The van der Waals surface area contributed by atoms with Gasteiger partial charge in [0.25, 0.3) is 0 Å². The Labute approximate surface area is 319 Å². The zero-order chi connectivity index (χ0) is 39.9. The minimum absolute atomic E-state index is 0.00277. The first-order valence-corrected chi connectivity index (χ1v) is 19.2. The van der Waals surface area contributed by atoms with E-state index in [0.717, 1.165) is 12.5 Å². The zero-order valence-corrected chi connectivity index (χ0v) is 31.9. The van der Waals surface area contributed by atoms with E-state index in [-0.39, 0.29) is 97.8 Å². The normalized spacial score (nSPS) is 17.9. The average Bonchev–Trinajstić information content (AvgIpc) is 3.82. The lowest BCUT2D eigenvalue weighted by molar-refractivity contribution is -0.137. The molecule has 2 unspecified atom stereocenters. The lowest BCUT2D eigenvalue weighted by Gasteiger charge is -2.40. The number of aromatic nitrogens is 3. The number of hydrogen-bond donors (Lipinski definition) is 3. The molecule has 0 aliphatic heterocycles. The zero-order valence-electron chi connectivity index (χ0n) is 31.9. The number of Topliss-reactive ketones (excluding diaryl/α,β-unsaturated/α-hetero) is 2. The smallest absolute Gasteiger partial charge is 0.358 e. The third-order valence-electron chi connectivity index (χ3n) is 11.6. The van der Waals surface area contributed by atoms with Gasteiger partial charge in [0.05, 0.1) is 17.4 Å². The molecule has 3 N–H and O–H groups in total. The van der Waals surface area contributed by atoms with Crippen LogP contribution < -0.4 is 10.6 Å². The number of nitrogens with zero attached hydrogens (tertiary/aromatic N) is 2. The first kappa shape index (κ1) is 41.4. The monoisotopic (exact) mass is 765 g/mol. The molecule has 296 valence electrons. The van der Waals surface area contributed by atoms with E-state index in [2.05, 4.69) is 20.6 Å². The van der Waals surface area contributed by atoms with Crippen LogP contribution in [0.5, 0.6) is 0 Å². The Bertz CT molecular complexity index is 1970. The maximum atomic E-state index is 14.8. The summed E-state index contributed by atoms with van der Waals surface area (Å²) in [6.07, 6.45) is 1.81. The van der Waals surface area contributed by atoms with Crippen LogP contribution >= 0.6 is 0 Å². The second-order valence-electron chi connectivity index (χ2n) is 15.2. The number of hydrogen-bond acceptors (Lipinski definition) is 5. The minimum atomic E-state index is -4.61. The Morgan fingerprint density at radius 2 is 1.75 bits per heavy atom. The van der Waals surface area contributed by atoms with E-state index in [1.807, 2.05) is 27.7 Å². The van der Waals surface area contributed by atoms with Crippen LogP contribution in [0, 0.1) is 29.5 Å². The van der Waals surface area contributed by atoms with Crippen molar-refractivity contribution in [1.82, 2.24) is 25.2 Å². The minimum Gasteiger partial charge on any atom is -0.358 e. The summed E-state index contributed by atoms with van der Waals surface area (Å²) in [6.45, 7) is 8.40. The summed E-state index contributed by atoms with van der Waals surface area (Å²) < 4.78 is 58.5. The summed E-state index contributed by atoms with van der Waals surface area (Å²) in [5, 5.41) is 6.39. The Balaban J connectivity index is 1.44. The van der Waals surface area contributed by atoms with Crippen molar-refractivity contribution in [2.24, 2.45) is 23.7 Å². The number of nitrogens with one attached hydrogen (secondary N) is 3. The molecule has 1 aliphatic carbocycles. The lowest BCUT2D eigenvalue weighted by Crippen LogP contribution is -2.60. The topological polar surface area (TPSA) is 126 Å². The second kappa shape index (κ2) is 17.8. The highest BCUT2D eigenvalue weighted by Crippen LogP contribution is 2.41. The molecule has 1 aliphatic rings. The number of amides is 2. The standard InChI is InChI=1S/C42H51F4N5O4/c1-5-26(3)29(24-48-38(54)15-18-51-19-17-47-25-51)21-37(53)41(16-14-36-33(23-41)31-11-9-12-34(39(31)49-36)42(44,45)46)50-40(55)32(27(4)6-2)22-30(52)20-28-10-7-8-13-35(28)43/h7-13,17,19,25-27,29,32,49H,5-6,14-16,18,20-24H2,1-4H3,(H,48,54)(H,50,55)/t26?,27?,29-,32+,41-/m1/s1. The molecule has 0 saturated carbocycles. The molecular formula is C42H51F4N5O4. The number of benzene rings is 2. The number of rotatable bonds is 18. The summed E-state index contributed by atoms with van der Waals surface area (Å²) in [7, 11) is 0. The number of aryl methyl sites for hydroxylation is 2. The molecule has 5 atom stereocenters. The fraction of sp³-hybridized carbons (Fsp3) is 0.500. The SMILES string of the molecule is CCC(C)[C@@H](CNC(=O)CCn1ccnc1)CC(=O)[C@@]1(NC(=O)[C@@H](CC(=O)Cc2ccccc2F)C(C)CC)CCc2[nH]c3c(C(F)(F)F)cccc3c2C1. The molecule has 4 aromatic rings. The molecule has 5 rings (SSSR count). The molecule has 2 aromatic carbocycles. The molecule has 2 aromatic heterocycles. The largest absolute Gasteiger partial charge is 0.418 e. The summed E-state index contributed by atoms with van der Waals surface area (Å²) in [4.78, 5) is 62.4. The van der Waals surface area contributed by atoms with Crippen LogP contribution in [0.3, 0.4) is 0 Å². The fourth-order valence-corrected chi connectivity index (χ4v) is 7.68. The molecular weight excluding hydrogens is 714 g/mol. The van der Waals surface area contributed by atoms with Gasteiger partial charge >= 0.3 is 6.18 Å². The van der Waals surface area contributed by atoms with E-state index >= 15 is 0 Å². The molecule has 2 amide bonds. The van der Waals surface area contributed by atoms with Crippen LogP contribution in [-0.4, -0.2) is 50.0 Å². The average molecular weight is 766 g/mol. The highest BCUT2D eigenvalue weighted by molar-refractivity contribution is 5.97. The van der Waals surface area contributed by atoms with Crippen molar-refractivity contribution in [3.63, 3.8) is 0 Å². The Morgan fingerprint density at radius 3 is 2.42 bits per heavy atom. The Morgan fingerprint density at radius 1 is 1.00 bits per heavy atom. The van der Waals surface area contributed by atoms with E-state index in [9.17, 15) is 36.7 Å². The fourth-order valence-electron chi connectivity index (χ4n) is 7.68. The maximum absolute atomic E-state index is 14.8. The van der Waals surface area contributed by atoms with Crippen molar-refractivity contribution in [2.45, 2.75) is 104 Å². The van der Waals surface area contributed by atoms with Gasteiger partial charge in [-0.15, -0.1) is 0 Å². The van der Waals surface area contributed by atoms with Gasteiger partial charge in [0.15, 0.2) is 5.78 Å². The second-order valence-corrected chi connectivity index (χ2v) is 15.2. The van der Waals surface area contributed by atoms with Crippen LogP contribution in [-0.2, 0) is 51.2 Å². The third-order valence-corrected chi connectivity index (χ3v) is 11.6. The van der Waals surface area contributed by atoms with E-state index in [1.165, 1.54) is 24.3 Å². The quantitative estimate of drug-likeness (QED) is 0.0903. The molecule has 13 heteroatoms. The predicted molar refractivity (Wildman–Crippen MR) is 201 cm³/mol. The van der Waals surface area contributed by atoms with Gasteiger partial charge in [-0.1, -0.05) is 70.9 Å². The molecule has 0 radical (unpaired) electrons. The van der Waals surface area contributed by atoms with Gasteiger partial charge in [0.2, 0.25) is 11.8 Å². The van der Waals surface area contributed by atoms with Crippen molar-refractivity contribution in [1.29, 1.82) is 0 Å². The number of H-pyrrole nitrogens is 1. The highest BCUT2D eigenvalue weighted by Gasteiger charge is 2.46. The van der Waals surface area contributed by atoms with Crippen molar-refractivity contribution in [3.8, 4) is 0 Å². The van der Waals surface area contributed by atoms with Crippen molar-refractivity contribution < 1.29 is 36.7 Å². The van der Waals surface area contributed by atoms with Gasteiger partial charge < -0.3 is 20.2 Å². The van der Waals surface area contributed by atoms with E-state index < -0.39 is 34.9 Å². The van der Waals surface area contributed by atoms with Crippen LogP contribution in [0.2, 0.25) is 0 Å². The van der Waals surface area contributed by atoms with E-state index in [4.69, 9.17) is 0 Å². The summed E-state index contributed by atoms with van der Waals surface area (Å²) in [5.41, 5.74) is -1.04. The van der Waals surface area contributed by atoms with Gasteiger partial charge in [-0.25, -0.2) is 9.37 Å². The maximum Gasteiger partial charge on any atom is 0.418 e. The van der Waals surface area contributed by atoms with Crippen molar-refractivity contribution in [3.05, 3.63) is 89.4 Å². The molecule has 0 spiro atoms. The molecule has 9 nitrogen and oxygen atoms in total. The number of halogens is 4. The molecule has 2 heterocycles. The predicted octanol–water partition coefficient (Wildman–Crippen LogP) is 7.56. The van der Waals surface area contributed by atoms with Crippen LogP contribution in [0.25, 0.3) is 10.9 Å². The third kappa shape index (κ3) is 9.90. The first-order valence-electron chi connectivity index (χ1n) is 19.2. The van der Waals surface area contributed by atoms with Gasteiger partial charge in [-0.3, -0.25) is 19.2 Å². The molecule has 0 saturated heterocycles. The van der Waals surface area contributed by atoms with Gasteiger partial charge in [0.1, 0.15) is 17.1 Å². The highest BCUT2D eigenvalue weighted by atomic mass is 19.4. The number of fused-ring (bicyclic) bond motifs is 3. The van der Waals surface area contributed by atoms with E-state index in [0.29, 0.717) is 29.6 Å². The summed E-state index contributed by atoms with van der Waals surface area (Å²) in [5.74, 6) is -3.21. The molecule has 55 heavy (non-hydrogen) atoms. The summed E-state index contributed by atoms with van der Waals surface area (Å²) in [6, 6.07) is 9.91. The van der Waals surface area contributed by atoms with Gasteiger partial charge in [-0.05, 0) is 53.9 Å². The number of aromatic amines is 1. The summed E-state index contributed by atoms with van der Waals surface area (Å²) >= 11 is 0. The molecule has 0 bridgehead atoms. The Kier molecular flexibility index (Phi) is 13.4. The van der Waals surface area contributed by atoms with Crippen LogP contribution in [0.15, 0.2) is 61.2 Å². The van der Waals surface area contributed by atoms with Crippen LogP contribution in [0.4, 0.5) is 17.6 Å². The number of imidazole rings is 1. The Hall–Kier alpha value is -4.81. The number of para-hydroxylation sites is 1. The first-order chi connectivity index (χ1) is 26.2. The van der Waals surface area contributed by atoms with Crippen molar-refractivity contribution in [2.75, 3.05) is 6.54 Å². The van der Waals surface area contributed by atoms with Crippen molar-refractivity contribution >= 4 is 34.3 Å². The van der Waals surface area contributed by atoms with E-state index in [1.54, 1.807) is 35.4 Å². The number of carbonyl (C=O) groups excluding carboxylic acids is 4.